The van der Waals surface area contributed by atoms with E-state index in [-0.39, 0.29) is 0 Å². The molecule has 0 atom stereocenters. The number of aromatic nitrogens is 4. The van der Waals surface area contributed by atoms with Gasteiger partial charge in [0.25, 0.3) is 0 Å². The van der Waals surface area contributed by atoms with Gasteiger partial charge >= 0.3 is 6.03 Å². The highest BCUT2D eigenvalue weighted by atomic mass is 19.2. The van der Waals surface area contributed by atoms with Gasteiger partial charge in [-0.1, -0.05) is 0 Å². The Bertz CT molecular complexity index is 1260. The number of carbonyl (C=O) groups is 1. The lowest BCUT2D eigenvalue weighted by Gasteiger charge is -2.10. The number of urea groups is 1. The van der Waals surface area contributed by atoms with Crippen molar-refractivity contribution in [1.82, 2.24) is 19.7 Å². The monoisotopic (exact) mass is 440 g/mol. The van der Waals surface area contributed by atoms with Gasteiger partial charge in [0.1, 0.15) is 11.6 Å². The van der Waals surface area contributed by atoms with Gasteiger partial charge < -0.3 is 15.4 Å². The van der Waals surface area contributed by atoms with Crippen LogP contribution in [-0.2, 0) is 0 Å². The van der Waals surface area contributed by atoms with E-state index in [2.05, 4.69) is 25.7 Å². The molecule has 32 heavy (non-hydrogen) atoms. The van der Waals surface area contributed by atoms with Crippen LogP contribution in [-0.4, -0.2) is 25.8 Å². The van der Waals surface area contributed by atoms with Crippen LogP contribution >= 0.6 is 0 Å². The van der Waals surface area contributed by atoms with Gasteiger partial charge in [0.15, 0.2) is 23.3 Å². The van der Waals surface area contributed by atoms with E-state index in [9.17, 15) is 18.0 Å². The van der Waals surface area contributed by atoms with Crippen molar-refractivity contribution in [1.29, 1.82) is 0 Å². The van der Waals surface area contributed by atoms with Gasteiger partial charge in [-0.05, 0) is 49.4 Å². The first-order chi connectivity index (χ1) is 15.4. The zero-order chi connectivity index (χ0) is 22.7. The number of anilines is 2. The first kappa shape index (κ1) is 20.8. The highest BCUT2D eigenvalue weighted by Crippen LogP contribution is 2.24. The Morgan fingerprint density at radius 1 is 1.00 bits per heavy atom. The SMILES string of the molecule is Cc1nc(Oc2ccc(NC(=O)Nc3ccc(F)c(F)c3F)cc2)cc(-n2cccn2)n1. The van der Waals surface area contributed by atoms with Crippen LogP contribution in [0.2, 0.25) is 0 Å². The molecule has 0 spiro atoms. The Morgan fingerprint density at radius 3 is 2.50 bits per heavy atom. The number of hydrogen-bond acceptors (Lipinski definition) is 5. The number of benzene rings is 2. The number of hydrogen-bond donors (Lipinski definition) is 2. The third kappa shape index (κ3) is 4.67. The second-order valence-electron chi connectivity index (χ2n) is 6.49. The van der Waals surface area contributed by atoms with Crippen molar-refractivity contribution in [2.75, 3.05) is 10.6 Å². The van der Waals surface area contributed by atoms with Crippen molar-refractivity contribution in [3.8, 4) is 17.4 Å². The fourth-order valence-electron chi connectivity index (χ4n) is 2.73. The summed E-state index contributed by atoms with van der Waals surface area (Å²) in [6, 6.07) is 10.4. The number of aryl methyl sites for hydroxylation is 1. The summed E-state index contributed by atoms with van der Waals surface area (Å²) in [4.78, 5) is 20.6. The molecular formula is C21H15F3N6O2. The lowest BCUT2D eigenvalue weighted by atomic mass is 10.3. The molecule has 8 nitrogen and oxygen atoms in total. The number of amides is 2. The largest absolute Gasteiger partial charge is 0.439 e. The summed E-state index contributed by atoms with van der Waals surface area (Å²) >= 11 is 0. The van der Waals surface area contributed by atoms with Gasteiger partial charge in [-0.25, -0.2) is 27.6 Å². The van der Waals surface area contributed by atoms with E-state index in [1.165, 1.54) is 0 Å². The van der Waals surface area contributed by atoms with Crippen LogP contribution in [0.25, 0.3) is 5.82 Å². The molecule has 0 saturated carbocycles. The number of ether oxygens (including phenoxy) is 1. The standard InChI is InChI=1S/C21H15F3N6O2/c1-12-26-17(30-10-2-9-25-30)11-18(27-12)32-14-5-3-13(4-6-14)28-21(31)29-16-8-7-15(22)19(23)20(16)24/h2-11H,1H3,(H2,28,29,31). The molecule has 0 saturated heterocycles. The van der Waals surface area contributed by atoms with Crippen LogP contribution < -0.4 is 15.4 Å². The molecule has 11 heteroatoms. The molecule has 0 fully saturated rings. The van der Waals surface area contributed by atoms with Crippen LogP contribution in [0.1, 0.15) is 5.82 Å². The number of carbonyl (C=O) groups excluding carboxylic acids is 1. The van der Waals surface area contributed by atoms with Crippen LogP contribution in [0.3, 0.4) is 0 Å². The van der Waals surface area contributed by atoms with Crippen LogP contribution in [0, 0.1) is 24.4 Å². The molecule has 0 unspecified atom stereocenters. The smallest absolute Gasteiger partial charge is 0.323 e. The van der Waals surface area contributed by atoms with Gasteiger partial charge in [0.2, 0.25) is 5.88 Å². The van der Waals surface area contributed by atoms with Gasteiger partial charge in [-0.3, -0.25) is 0 Å². The summed E-state index contributed by atoms with van der Waals surface area (Å²) in [5.41, 5.74) is -0.137. The number of rotatable bonds is 5. The van der Waals surface area contributed by atoms with Crippen molar-refractivity contribution in [3.63, 3.8) is 0 Å². The zero-order valence-corrected chi connectivity index (χ0v) is 16.5. The normalized spacial score (nSPS) is 10.6. The first-order valence-electron chi connectivity index (χ1n) is 9.24. The lowest BCUT2D eigenvalue weighted by Crippen LogP contribution is -2.20. The lowest BCUT2D eigenvalue weighted by molar-refractivity contribution is 0.262. The molecule has 4 aromatic rings. The van der Waals surface area contributed by atoms with Crippen molar-refractivity contribution in [2.24, 2.45) is 0 Å². The average Bonchev–Trinajstić information content (AvgIpc) is 3.30. The van der Waals surface area contributed by atoms with Gasteiger partial charge in [-0.2, -0.15) is 10.1 Å². The second-order valence-corrected chi connectivity index (χ2v) is 6.49. The van der Waals surface area contributed by atoms with Crippen LogP contribution in [0.4, 0.5) is 29.3 Å². The Morgan fingerprint density at radius 2 is 1.78 bits per heavy atom. The third-order valence-electron chi connectivity index (χ3n) is 4.16. The topological polar surface area (TPSA) is 94.0 Å². The summed E-state index contributed by atoms with van der Waals surface area (Å²) in [6.07, 6.45) is 3.37. The van der Waals surface area contributed by atoms with Crippen molar-refractivity contribution in [3.05, 3.63) is 84.2 Å². The molecule has 0 aliphatic heterocycles. The van der Waals surface area contributed by atoms with E-state index in [1.807, 2.05) is 0 Å². The fourth-order valence-corrected chi connectivity index (χ4v) is 2.73. The first-order valence-corrected chi connectivity index (χ1v) is 9.24. The Hall–Kier alpha value is -4.41. The van der Waals surface area contributed by atoms with E-state index in [0.29, 0.717) is 35.0 Å². The van der Waals surface area contributed by atoms with Crippen molar-refractivity contribution in [2.45, 2.75) is 6.92 Å². The minimum atomic E-state index is -1.67. The summed E-state index contributed by atoms with van der Waals surface area (Å²) in [5.74, 6) is -2.73. The Labute approximate surface area is 179 Å². The molecular weight excluding hydrogens is 425 g/mol. The number of halogens is 3. The molecule has 162 valence electrons. The molecule has 2 aromatic carbocycles. The Balaban J connectivity index is 1.42. The highest BCUT2D eigenvalue weighted by Gasteiger charge is 2.15. The molecule has 2 amide bonds. The summed E-state index contributed by atoms with van der Waals surface area (Å²) < 4.78 is 47.3. The van der Waals surface area contributed by atoms with E-state index in [4.69, 9.17) is 4.74 Å². The molecule has 0 radical (unpaired) electrons. The molecule has 0 aliphatic carbocycles. The molecule has 2 heterocycles. The highest BCUT2D eigenvalue weighted by molar-refractivity contribution is 5.99. The summed E-state index contributed by atoms with van der Waals surface area (Å²) in [6.45, 7) is 1.72. The fraction of sp³-hybridized carbons (Fsp3) is 0.0476. The van der Waals surface area contributed by atoms with E-state index in [1.54, 1.807) is 60.4 Å². The summed E-state index contributed by atoms with van der Waals surface area (Å²) in [5, 5.41) is 8.69. The maximum absolute atomic E-state index is 13.7. The number of nitrogens with zero attached hydrogens (tertiary/aromatic N) is 4. The van der Waals surface area contributed by atoms with E-state index < -0.39 is 29.2 Å². The maximum Gasteiger partial charge on any atom is 0.323 e. The molecule has 2 aromatic heterocycles. The van der Waals surface area contributed by atoms with Crippen LogP contribution in [0.5, 0.6) is 11.6 Å². The number of nitrogens with one attached hydrogen (secondary N) is 2. The predicted molar refractivity (Wildman–Crippen MR) is 109 cm³/mol. The molecule has 4 rings (SSSR count). The van der Waals surface area contributed by atoms with Gasteiger partial charge in [0, 0.05) is 24.1 Å². The Kier molecular flexibility index (Phi) is 5.71. The predicted octanol–water partition coefficient (Wildman–Crippen LogP) is 4.82. The van der Waals surface area contributed by atoms with E-state index >= 15 is 0 Å². The quantitative estimate of drug-likeness (QED) is 0.434. The minimum absolute atomic E-state index is 0.301. The third-order valence-corrected chi connectivity index (χ3v) is 4.16. The molecule has 0 aliphatic rings. The molecule has 0 bridgehead atoms. The van der Waals surface area contributed by atoms with E-state index in [0.717, 1.165) is 6.07 Å². The van der Waals surface area contributed by atoms with Crippen LogP contribution in [0.15, 0.2) is 60.9 Å². The zero-order valence-electron chi connectivity index (χ0n) is 16.5. The second kappa shape index (κ2) is 8.76. The van der Waals surface area contributed by atoms with Crippen molar-refractivity contribution < 1.29 is 22.7 Å². The molecule has 2 N–H and O–H groups in total. The average molecular weight is 440 g/mol. The maximum atomic E-state index is 13.7. The van der Waals surface area contributed by atoms with Crippen molar-refractivity contribution >= 4 is 17.4 Å². The van der Waals surface area contributed by atoms with Gasteiger partial charge in [0.05, 0.1) is 5.69 Å². The summed E-state index contributed by atoms with van der Waals surface area (Å²) in [7, 11) is 0. The van der Waals surface area contributed by atoms with Gasteiger partial charge in [-0.15, -0.1) is 0 Å². The minimum Gasteiger partial charge on any atom is -0.439 e.